The highest BCUT2D eigenvalue weighted by atomic mass is 19.1. The highest BCUT2D eigenvalue weighted by Crippen LogP contribution is 2.25. The first kappa shape index (κ1) is 28.4. The Morgan fingerprint density at radius 3 is 2.62 bits per heavy atom. The number of nitrogens with zero attached hydrogens (tertiary/aromatic N) is 5. The molecule has 1 aromatic carbocycles. The van der Waals surface area contributed by atoms with Gasteiger partial charge in [-0.05, 0) is 63.0 Å². The van der Waals surface area contributed by atoms with Gasteiger partial charge in [0.1, 0.15) is 11.6 Å². The third-order valence-electron chi connectivity index (χ3n) is 7.05. The Hall–Kier alpha value is -3.56. The molecule has 1 saturated heterocycles. The van der Waals surface area contributed by atoms with Crippen molar-refractivity contribution in [1.82, 2.24) is 25.4 Å². The average molecular weight is 539 g/mol. The predicted molar refractivity (Wildman–Crippen MR) is 147 cm³/mol. The Kier molecular flexibility index (Phi) is 9.84. The van der Waals surface area contributed by atoms with Crippen LogP contribution in [0.4, 0.5) is 10.3 Å². The lowest BCUT2D eigenvalue weighted by Gasteiger charge is -2.32. The zero-order valence-electron chi connectivity index (χ0n) is 23.3. The number of aromatic nitrogens is 4. The van der Waals surface area contributed by atoms with Crippen LogP contribution in [-0.2, 0) is 6.42 Å². The summed E-state index contributed by atoms with van der Waals surface area (Å²) in [5, 5.41) is 6.83. The van der Waals surface area contributed by atoms with E-state index in [9.17, 15) is 9.18 Å². The molecule has 4 rings (SSSR count). The van der Waals surface area contributed by atoms with E-state index in [0.29, 0.717) is 35.9 Å². The molecule has 1 fully saturated rings. The summed E-state index contributed by atoms with van der Waals surface area (Å²) in [5.74, 6) is 2.39. The van der Waals surface area contributed by atoms with E-state index in [1.807, 2.05) is 13.8 Å². The molecule has 0 aliphatic carbocycles. The maximum absolute atomic E-state index is 14.4. The van der Waals surface area contributed by atoms with E-state index in [1.165, 1.54) is 12.1 Å². The third-order valence-corrected chi connectivity index (χ3v) is 7.05. The summed E-state index contributed by atoms with van der Waals surface area (Å²) >= 11 is 0. The Labute approximate surface area is 229 Å². The van der Waals surface area contributed by atoms with Crippen LogP contribution in [0.2, 0.25) is 0 Å². The number of hydrogen-bond acceptors (Lipinski definition) is 8. The SMILES string of the molecule is CCC(C)NC(=O)c1ccc(OCCCC2CCN(c3ncc(-c4noc(CC(C)C)n4)cn3)CC2)cc1F. The van der Waals surface area contributed by atoms with Gasteiger partial charge < -0.3 is 19.5 Å². The molecule has 210 valence electrons. The van der Waals surface area contributed by atoms with Crippen LogP contribution in [0.25, 0.3) is 11.4 Å². The van der Waals surface area contributed by atoms with Crippen LogP contribution in [0.5, 0.6) is 5.75 Å². The van der Waals surface area contributed by atoms with Gasteiger partial charge in [-0.2, -0.15) is 4.98 Å². The number of anilines is 1. The van der Waals surface area contributed by atoms with E-state index < -0.39 is 11.7 Å². The maximum atomic E-state index is 14.4. The molecular formula is C29H39FN6O3. The second-order valence-corrected chi connectivity index (χ2v) is 10.7. The fourth-order valence-corrected chi connectivity index (χ4v) is 4.56. The number of ether oxygens (including phenoxy) is 1. The van der Waals surface area contributed by atoms with Crippen molar-refractivity contribution >= 4 is 11.9 Å². The molecule has 1 amide bonds. The number of rotatable bonds is 12. The van der Waals surface area contributed by atoms with Crippen molar-refractivity contribution in [1.29, 1.82) is 0 Å². The Morgan fingerprint density at radius 1 is 1.21 bits per heavy atom. The lowest BCUT2D eigenvalue weighted by Crippen LogP contribution is -2.34. The Balaban J connectivity index is 1.17. The average Bonchev–Trinajstić information content (AvgIpc) is 3.39. The third kappa shape index (κ3) is 7.97. The molecule has 10 heteroatoms. The van der Waals surface area contributed by atoms with Gasteiger partial charge in [0.2, 0.25) is 17.7 Å². The van der Waals surface area contributed by atoms with E-state index in [-0.39, 0.29) is 11.6 Å². The number of carbonyl (C=O) groups is 1. The Morgan fingerprint density at radius 2 is 1.95 bits per heavy atom. The van der Waals surface area contributed by atoms with Crippen LogP contribution < -0.4 is 15.0 Å². The van der Waals surface area contributed by atoms with E-state index in [1.54, 1.807) is 18.5 Å². The van der Waals surface area contributed by atoms with Crippen LogP contribution in [0, 0.1) is 17.7 Å². The van der Waals surface area contributed by atoms with Crippen molar-refractivity contribution in [3.8, 4) is 17.1 Å². The molecule has 1 atom stereocenters. The number of hydrogen-bond donors (Lipinski definition) is 1. The van der Waals surface area contributed by atoms with Crippen LogP contribution in [0.1, 0.15) is 76.0 Å². The number of nitrogens with one attached hydrogen (secondary N) is 1. The van der Waals surface area contributed by atoms with Gasteiger partial charge in [-0.1, -0.05) is 25.9 Å². The second-order valence-electron chi connectivity index (χ2n) is 10.7. The maximum Gasteiger partial charge on any atom is 0.254 e. The molecule has 0 radical (unpaired) electrons. The molecule has 0 spiro atoms. The van der Waals surface area contributed by atoms with Crippen molar-refractivity contribution in [3.63, 3.8) is 0 Å². The number of amides is 1. The minimum Gasteiger partial charge on any atom is -0.493 e. The fourth-order valence-electron chi connectivity index (χ4n) is 4.56. The lowest BCUT2D eigenvalue weighted by atomic mass is 9.92. The molecule has 2 aromatic heterocycles. The molecule has 1 unspecified atom stereocenters. The Bertz CT molecular complexity index is 1210. The van der Waals surface area contributed by atoms with Crippen molar-refractivity contribution < 1.29 is 18.4 Å². The highest BCUT2D eigenvalue weighted by Gasteiger charge is 2.21. The summed E-state index contributed by atoms with van der Waals surface area (Å²) in [6.45, 7) is 10.4. The van der Waals surface area contributed by atoms with Gasteiger partial charge in [-0.15, -0.1) is 0 Å². The molecule has 3 heterocycles. The summed E-state index contributed by atoms with van der Waals surface area (Å²) < 4.78 is 25.5. The largest absolute Gasteiger partial charge is 0.493 e. The molecule has 1 aliphatic rings. The van der Waals surface area contributed by atoms with Crippen LogP contribution in [0.3, 0.4) is 0 Å². The first-order valence-corrected chi connectivity index (χ1v) is 14.0. The van der Waals surface area contributed by atoms with Gasteiger partial charge in [0, 0.05) is 44.0 Å². The van der Waals surface area contributed by atoms with Crippen molar-refractivity contribution in [2.24, 2.45) is 11.8 Å². The van der Waals surface area contributed by atoms with Crippen molar-refractivity contribution in [2.75, 3.05) is 24.6 Å². The van der Waals surface area contributed by atoms with Crippen LogP contribution in [0.15, 0.2) is 35.1 Å². The number of halogens is 1. The number of benzene rings is 1. The number of carbonyl (C=O) groups excluding carboxylic acids is 1. The molecule has 39 heavy (non-hydrogen) atoms. The minimum absolute atomic E-state index is 0.00127. The summed E-state index contributed by atoms with van der Waals surface area (Å²) in [5.41, 5.74) is 0.787. The van der Waals surface area contributed by atoms with Crippen LogP contribution >= 0.6 is 0 Å². The van der Waals surface area contributed by atoms with Gasteiger partial charge in [0.25, 0.3) is 5.91 Å². The summed E-state index contributed by atoms with van der Waals surface area (Å²) in [4.78, 5) is 27.9. The molecule has 3 aromatic rings. The van der Waals surface area contributed by atoms with Crippen molar-refractivity contribution in [3.05, 3.63) is 47.9 Å². The molecule has 0 bridgehead atoms. The van der Waals surface area contributed by atoms with E-state index in [4.69, 9.17) is 9.26 Å². The molecule has 1 N–H and O–H groups in total. The topological polar surface area (TPSA) is 106 Å². The van der Waals surface area contributed by atoms with Gasteiger partial charge in [-0.3, -0.25) is 4.79 Å². The van der Waals surface area contributed by atoms with Crippen LogP contribution in [-0.4, -0.2) is 51.8 Å². The smallest absolute Gasteiger partial charge is 0.254 e. The van der Waals surface area contributed by atoms with Gasteiger partial charge in [0.05, 0.1) is 17.7 Å². The normalized spacial score (nSPS) is 15.0. The monoisotopic (exact) mass is 538 g/mol. The number of piperidine rings is 1. The molecule has 1 aliphatic heterocycles. The van der Waals surface area contributed by atoms with E-state index in [2.05, 4.69) is 44.2 Å². The highest BCUT2D eigenvalue weighted by molar-refractivity contribution is 5.94. The van der Waals surface area contributed by atoms with Gasteiger partial charge in [0.15, 0.2) is 0 Å². The molecule has 0 saturated carbocycles. The standard InChI is InChI=1S/C29H39FN6O3/c1-5-20(4)33-28(37)24-9-8-23(16-25(24)30)38-14-6-7-21-10-12-36(13-11-21)29-31-17-22(18-32-29)27-34-26(39-35-27)15-19(2)3/h8-9,16-21H,5-7,10-15H2,1-4H3,(H,33,37). The molecular weight excluding hydrogens is 499 g/mol. The zero-order chi connectivity index (χ0) is 27.8. The fraction of sp³-hybridized carbons (Fsp3) is 0.552. The summed E-state index contributed by atoms with van der Waals surface area (Å²) in [7, 11) is 0. The van der Waals surface area contributed by atoms with Crippen molar-refractivity contribution in [2.45, 2.75) is 72.3 Å². The van der Waals surface area contributed by atoms with E-state index >= 15 is 0 Å². The zero-order valence-corrected chi connectivity index (χ0v) is 23.3. The first-order chi connectivity index (χ1) is 18.8. The van der Waals surface area contributed by atoms with Gasteiger partial charge in [-0.25, -0.2) is 14.4 Å². The lowest BCUT2D eigenvalue weighted by molar-refractivity contribution is 0.0935. The minimum atomic E-state index is -0.566. The predicted octanol–water partition coefficient (Wildman–Crippen LogP) is 5.47. The summed E-state index contributed by atoms with van der Waals surface area (Å²) in [6.07, 6.45) is 9.09. The second kappa shape index (κ2) is 13.5. The van der Waals surface area contributed by atoms with Gasteiger partial charge >= 0.3 is 0 Å². The van der Waals surface area contributed by atoms with E-state index in [0.717, 1.165) is 63.1 Å². The summed E-state index contributed by atoms with van der Waals surface area (Å²) in [6, 6.07) is 4.43. The first-order valence-electron chi connectivity index (χ1n) is 14.0. The quantitative estimate of drug-likeness (QED) is 0.303. The molecule has 9 nitrogen and oxygen atoms in total.